The lowest BCUT2D eigenvalue weighted by molar-refractivity contribution is 0.282. The first-order chi connectivity index (χ1) is 10.6. The molecule has 22 heavy (non-hydrogen) atoms. The van der Waals surface area contributed by atoms with Crippen LogP contribution in [-0.4, -0.2) is 15.1 Å². The number of nitrogens with zero attached hydrogens (tertiary/aromatic N) is 2. The normalized spacial score (nSPS) is 10.9. The van der Waals surface area contributed by atoms with Gasteiger partial charge in [0.15, 0.2) is 0 Å². The average Bonchev–Trinajstić information content (AvgIpc) is 2.51. The van der Waals surface area contributed by atoms with Crippen LogP contribution >= 0.6 is 11.6 Å². The number of anilines is 3. The summed E-state index contributed by atoms with van der Waals surface area (Å²) in [6.07, 6.45) is 1.40. The number of rotatable bonds is 3. The monoisotopic (exact) mass is 318 g/mol. The van der Waals surface area contributed by atoms with Gasteiger partial charge in [-0.3, -0.25) is 0 Å². The molecular formula is C15H12ClFN4O. The summed E-state index contributed by atoms with van der Waals surface area (Å²) in [5, 5.41) is 13.0. The molecule has 112 valence electrons. The number of hydrogen-bond donors (Lipinski definition) is 3. The topological polar surface area (TPSA) is 84.1 Å². The predicted molar refractivity (Wildman–Crippen MR) is 84.6 cm³/mol. The average molecular weight is 319 g/mol. The lowest BCUT2D eigenvalue weighted by Crippen LogP contribution is -2.00. The van der Waals surface area contributed by atoms with Gasteiger partial charge < -0.3 is 16.2 Å². The van der Waals surface area contributed by atoms with Crippen molar-refractivity contribution in [2.75, 3.05) is 11.1 Å². The van der Waals surface area contributed by atoms with Crippen LogP contribution in [0.5, 0.6) is 0 Å². The van der Waals surface area contributed by atoms with E-state index in [1.54, 1.807) is 18.2 Å². The number of aliphatic hydroxyl groups is 1. The molecule has 3 aromatic rings. The Balaban J connectivity index is 2.06. The molecule has 0 bridgehead atoms. The number of nitrogen functional groups attached to an aromatic ring is 1. The van der Waals surface area contributed by atoms with Crippen molar-refractivity contribution in [1.82, 2.24) is 9.97 Å². The van der Waals surface area contributed by atoms with Crippen molar-refractivity contribution < 1.29 is 9.50 Å². The third-order valence-electron chi connectivity index (χ3n) is 3.25. The van der Waals surface area contributed by atoms with Crippen molar-refractivity contribution in [1.29, 1.82) is 0 Å². The quantitative estimate of drug-likeness (QED) is 0.646. The molecule has 0 aliphatic carbocycles. The molecule has 0 radical (unpaired) electrons. The third kappa shape index (κ3) is 2.66. The van der Waals surface area contributed by atoms with Crippen LogP contribution in [0.2, 0.25) is 5.02 Å². The standard InChI is InChI=1S/C15H12ClFN4O/c16-11-4-9(1-2-12(11)17)21-15-10-5-13(18)8(6-22)3-14(10)19-7-20-15/h1-5,7,22H,6,18H2,(H,19,20,21). The van der Waals surface area contributed by atoms with Gasteiger partial charge in [-0.05, 0) is 30.3 Å². The molecule has 0 spiro atoms. The van der Waals surface area contributed by atoms with Crippen LogP contribution in [0.4, 0.5) is 21.6 Å². The van der Waals surface area contributed by atoms with E-state index < -0.39 is 5.82 Å². The fraction of sp³-hybridized carbons (Fsp3) is 0.0667. The number of halogens is 2. The van der Waals surface area contributed by atoms with Gasteiger partial charge in [0.2, 0.25) is 0 Å². The molecule has 0 aliphatic rings. The van der Waals surface area contributed by atoms with Crippen LogP contribution < -0.4 is 11.1 Å². The van der Waals surface area contributed by atoms with Crippen molar-refractivity contribution in [3.8, 4) is 0 Å². The summed E-state index contributed by atoms with van der Waals surface area (Å²) >= 11 is 5.77. The van der Waals surface area contributed by atoms with Gasteiger partial charge >= 0.3 is 0 Å². The third-order valence-corrected chi connectivity index (χ3v) is 3.54. The minimum atomic E-state index is -0.489. The van der Waals surface area contributed by atoms with E-state index >= 15 is 0 Å². The number of aliphatic hydroxyl groups excluding tert-OH is 1. The van der Waals surface area contributed by atoms with Gasteiger partial charge in [-0.1, -0.05) is 11.6 Å². The van der Waals surface area contributed by atoms with Crippen LogP contribution in [0.25, 0.3) is 10.9 Å². The highest BCUT2D eigenvalue weighted by atomic mass is 35.5. The van der Waals surface area contributed by atoms with Gasteiger partial charge in [0, 0.05) is 22.3 Å². The van der Waals surface area contributed by atoms with Gasteiger partial charge in [0.1, 0.15) is 18.0 Å². The molecular weight excluding hydrogens is 307 g/mol. The number of hydrogen-bond acceptors (Lipinski definition) is 5. The molecule has 0 amide bonds. The molecule has 3 rings (SSSR count). The first kappa shape index (κ1) is 14.5. The number of nitrogens with one attached hydrogen (secondary N) is 1. The highest BCUT2D eigenvalue weighted by Crippen LogP contribution is 2.28. The Morgan fingerprint density at radius 2 is 2.05 bits per heavy atom. The Morgan fingerprint density at radius 3 is 2.77 bits per heavy atom. The lowest BCUT2D eigenvalue weighted by atomic mass is 10.1. The minimum Gasteiger partial charge on any atom is -0.398 e. The zero-order valence-corrected chi connectivity index (χ0v) is 12.1. The first-order valence-corrected chi connectivity index (χ1v) is 6.82. The van der Waals surface area contributed by atoms with E-state index in [-0.39, 0.29) is 11.6 Å². The maximum Gasteiger partial charge on any atom is 0.141 e. The molecule has 0 aliphatic heterocycles. The highest BCUT2D eigenvalue weighted by Gasteiger charge is 2.09. The molecule has 0 saturated carbocycles. The van der Waals surface area contributed by atoms with E-state index in [0.29, 0.717) is 33.7 Å². The van der Waals surface area contributed by atoms with Crippen LogP contribution in [-0.2, 0) is 6.61 Å². The van der Waals surface area contributed by atoms with Crippen molar-refractivity contribution in [3.63, 3.8) is 0 Å². The molecule has 0 fully saturated rings. The summed E-state index contributed by atoms with van der Waals surface area (Å²) < 4.78 is 13.2. The Bertz CT molecular complexity index is 856. The van der Waals surface area contributed by atoms with Crippen molar-refractivity contribution in [2.24, 2.45) is 0 Å². The second kappa shape index (κ2) is 5.75. The Morgan fingerprint density at radius 1 is 1.23 bits per heavy atom. The lowest BCUT2D eigenvalue weighted by Gasteiger charge is -2.11. The summed E-state index contributed by atoms with van der Waals surface area (Å²) in [6, 6.07) is 7.69. The summed E-state index contributed by atoms with van der Waals surface area (Å²) in [5.41, 5.74) is 8.17. The fourth-order valence-corrected chi connectivity index (χ4v) is 2.29. The number of fused-ring (bicyclic) bond motifs is 1. The van der Waals surface area contributed by atoms with Crippen molar-refractivity contribution >= 4 is 39.7 Å². The van der Waals surface area contributed by atoms with Gasteiger partial charge in [-0.2, -0.15) is 0 Å². The van der Waals surface area contributed by atoms with Crippen molar-refractivity contribution in [3.05, 3.63) is 53.1 Å². The summed E-state index contributed by atoms with van der Waals surface area (Å²) in [7, 11) is 0. The molecule has 4 N–H and O–H groups in total. The molecule has 7 heteroatoms. The van der Waals surface area contributed by atoms with Crippen molar-refractivity contribution in [2.45, 2.75) is 6.61 Å². The van der Waals surface area contributed by atoms with Crippen LogP contribution in [0.1, 0.15) is 5.56 Å². The molecule has 1 aromatic heterocycles. The number of benzene rings is 2. The minimum absolute atomic E-state index is 0.0189. The smallest absolute Gasteiger partial charge is 0.141 e. The molecule has 0 saturated heterocycles. The summed E-state index contributed by atoms with van der Waals surface area (Å²) in [5.74, 6) is 0.0282. The van der Waals surface area contributed by atoms with Gasteiger partial charge in [-0.15, -0.1) is 0 Å². The molecule has 0 unspecified atom stereocenters. The predicted octanol–water partition coefficient (Wildman–Crippen LogP) is 3.24. The van der Waals surface area contributed by atoms with E-state index in [1.165, 1.54) is 18.5 Å². The van der Waals surface area contributed by atoms with Crippen LogP contribution in [0, 0.1) is 5.82 Å². The van der Waals surface area contributed by atoms with E-state index in [2.05, 4.69) is 15.3 Å². The van der Waals surface area contributed by atoms with E-state index in [0.717, 1.165) is 0 Å². The largest absolute Gasteiger partial charge is 0.398 e. The van der Waals surface area contributed by atoms with Crippen LogP contribution in [0.3, 0.4) is 0 Å². The molecule has 1 heterocycles. The Hall–Kier alpha value is -2.44. The maximum absolute atomic E-state index is 13.2. The SMILES string of the molecule is Nc1cc2c(Nc3ccc(F)c(Cl)c3)ncnc2cc1CO. The zero-order valence-electron chi connectivity index (χ0n) is 11.3. The zero-order chi connectivity index (χ0) is 15.7. The van der Waals surface area contributed by atoms with E-state index in [1.807, 2.05) is 0 Å². The maximum atomic E-state index is 13.2. The van der Waals surface area contributed by atoms with Crippen LogP contribution in [0.15, 0.2) is 36.7 Å². The Kier molecular flexibility index (Phi) is 3.79. The molecule has 2 aromatic carbocycles. The van der Waals surface area contributed by atoms with Gasteiger partial charge in [0.25, 0.3) is 0 Å². The highest BCUT2D eigenvalue weighted by molar-refractivity contribution is 6.31. The first-order valence-electron chi connectivity index (χ1n) is 6.44. The summed E-state index contributed by atoms with van der Waals surface area (Å²) in [6.45, 7) is -0.165. The van der Waals surface area contributed by atoms with Gasteiger partial charge in [-0.25, -0.2) is 14.4 Å². The second-order valence-corrected chi connectivity index (χ2v) is 5.11. The number of aromatic nitrogens is 2. The molecule has 0 atom stereocenters. The van der Waals surface area contributed by atoms with E-state index in [4.69, 9.17) is 17.3 Å². The summed E-state index contributed by atoms with van der Waals surface area (Å²) in [4.78, 5) is 8.33. The number of nitrogens with two attached hydrogens (primary N) is 1. The molecule has 5 nitrogen and oxygen atoms in total. The second-order valence-electron chi connectivity index (χ2n) is 4.70. The fourth-order valence-electron chi connectivity index (χ4n) is 2.11. The Labute approximate surface area is 130 Å². The van der Waals surface area contributed by atoms with Gasteiger partial charge in [0.05, 0.1) is 17.1 Å². The van der Waals surface area contributed by atoms with E-state index in [9.17, 15) is 9.50 Å².